The first-order valence-corrected chi connectivity index (χ1v) is 13.9. The number of carbonyl (C=O) groups is 2. The normalized spacial score (nSPS) is 14.2. The molecule has 0 saturated carbocycles. The summed E-state index contributed by atoms with van der Waals surface area (Å²) in [6, 6.07) is 23.7. The predicted octanol–water partition coefficient (Wildman–Crippen LogP) is 4.55. The van der Waals surface area contributed by atoms with Gasteiger partial charge in [0, 0.05) is 42.5 Å². The first-order chi connectivity index (χ1) is 19.5. The number of nitrogens with two attached hydrogens (primary N) is 1. The monoisotopic (exact) mass is 536 g/mol. The smallest absolute Gasteiger partial charge is 0.254 e. The number of amides is 2. The third-order valence-corrected chi connectivity index (χ3v) is 7.43. The maximum Gasteiger partial charge on any atom is 0.254 e. The van der Waals surface area contributed by atoms with Crippen LogP contribution in [0.2, 0.25) is 0 Å². The third kappa shape index (κ3) is 6.47. The van der Waals surface area contributed by atoms with Crippen molar-refractivity contribution in [1.29, 1.82) is 0 Å². The van der Waals surface area contributed by atoms with Crippen LogP contribution < -0.4 is 21.7 Å². The van der Waals surface area contributed by atoms with Crippen LogP contribution in [0.1, 0.15) is 40.0 Å². The minimum absolute atomic E-state index is 0.0699. The predicted molar refractivity (Wildman–Crippen MR) is 161 cm³/mol. The molecule has 0 spiro atoms. The van der Waals surface area contributed by atoms with Gasteiger partial charge in [-0.15, -0.1) is 0 Å². The molecule has 2 amide bonds. The second-order valence-corrected chi connectivity index (χ2v) is 10.2. The number of hydrogen-bond acceptors (Lipinski definition) is 6. The van der Waals surface area contributed by atoms with E-state index in [1.54, 1.807) is 13.2 Å². The maximum atomic E-state index is 12.7. The lowest BCUT2D eigenvalue weighted by molar-refractivity contribution is 0.0947. The summed E-state index contributed by atoms with van der Waals surface area (Å²) in [6.45, 7) is 3.70. The van der Waals surface area contributed by atoms with Crippen molar-refractivity contribution < 1.29 is 9.59 Å². The summed E-state index contributed by atoms with van der Waals surface area (Å²) in [5.41, 5.74) is 11.4. The minimum atomic E-state index is -0.214. The Labute approximate surface area is 235 Å². The van der Waals surface area contributed by atoms with E-state index < -0.39 is 0 Å². The Morgan fingerprint density at radius 1 is 0.950 bits per heavy atom. The fourth-order valence-corrected chi connectivity index (χ4v) is 5.08. The molecule has 5 N–H and O–H groups in total. The number of piperidine rings is 1. The summed E-state index contributed by atoms with van der Waals surface area (Å²) in [4.78, 5) is 32.3. The first-order valence-electron chi connectivity index (χ1n) is 13.9. The number of pyridine rings is 1. The second-order valence-electron chi connectivity index (χ2n) is 10.2. The highest BCUT2D eigenvalue weighted by atomic mass is 16.2. The average Bonchev–Trinajstić information content (AvgIpc) is 3.00. The van der Waals surface area contributed by atoms with Crippen LogP contribution in [-0.2, 0) is 0 Å². The van der Waals surface area contributed by atoms with Gasteiger partial charge < -0.3 is 26.6 Å². The quantitative estimate of drug-likeness (QED) is 0.234. The first kappa shape index (κ1) is 27.3. The summed E-state index contributed by atoms with van der Waals surface area (Å²) >= 11 is 0. The molecule has 1 aliphatic heterocycles. The SMILES string of the molecule is CNC(=O)c1cnc2ccc(-c3ccc(C(=O)NCCCN4CCC(N)CC4)cc3)cc2c1Nc1ccccc1. The summed E-state index contributed by atoms with van der Waals surface area (Å²) in [6.07, 6.45) is 4.61. The van der Waals surface area contributed by atoms with E-state index in [0.717, 1.165) is 66.6 Å². The van der Waals surface area contributed by atoms with Gasteiger partial charge in [-0.1, -0.05) is 36.4 Å². The Hall–Kier alpha value is -4.27. The molecular formula is C32H36N6O2. The zero-order chi connectivity index (χ0) is 27.9. The van der Waals surface area contributed by atoms with Crippen molar-refractivity contribution in [1.82, 2.24) is 20.5 Å². The van der Waals surface area contributed by atoms with Crippen LogP contribution in [0.3, 0.4) is 0 Å². The Balaban J connectivity index is 1.30. The fourth-order valence-electron chi connectivity index (χ4n) is 5.08. The number of nitrogens with zero attached hydrogens (tertiary/aromatic N) is 2. The van der Waals surface area contributed by atoms with Crippen LogP contribution in [0, 0.1) is 0 Å². The lowest BCUT2D eigenvalue weighted by Crippen LogP contribution is -2.40. The van der Waals surface area contributed by atoms with Gasteiger partial charge in [-0.05, 0) is 86.4 Å². The molecule has 0 atom stereocenters. The molecule has 0 radical (unpaired) electrons. The van der Waals surface area contributed by atoms with E-state index in [1.807, 2.05) is 72.8 Å². The molecule has 40 heavy (non-hydrogen) atoms. The molecule has 3 aromatic carbocycles. The van der Waals surface area contributed by atoms with E-state index in [-0.39, 0.29) is 11.8 Å². The number of para-hydroxylation sites is 1. The van der Waals surface area contributed by atoms with Crippen molar-refractivity contribution in [2.75, 3.05) is 38.5 Å². The zero-order valence-electron chi connectivity index (χ0n) is 22.8. The van der Waals surface area contributed by atoms with E-state index >= 15 is 0 Å². The number of carbonyl (C=O) groups excluding carboxylic acids is 2. The van der Waals surface area contributed by atoms with Crippen molar-refractivity contribution in [3.8, 4) is 11.1 Å². The molecule has 206 valence electrons. The Bertz CT molecular complexity index is 1460. The molecule has 4 aromatic rings. The molecule has 8 nitrogen and oxygen atoms in total. The lowest BCUT2D eigenvalue weighted by atomic mass is 9.99. The van der Waals surface area contributed by atoms with Gasteiger partial charge >= 0.3 is 0 Å². The highest BCUT2D eigenvalue weighted by molar-refractivity contribution is 6.08. The Morgan fingerprint density at radius 3 is 2.40 bits per heavy atom. The molecule has 0 unspecified atom stereocenters. The van der Waals surface area contributed by atoms with Crippen molar-refractivity contribution >= 4 is 34.1 Å². The number of anilines is 2. The molecule has 1 fully saturated rings. The number of hydrogen-bond donors (Lipinski definition) is 4. The van der Waals surface area contributed by atoms with Crippen LogP contribution in [-0.4, -0.2) is 61.0 Å². The van der Waals surface area contributed by atoms with Gasteiger partial charge in [-0.2, -0.15) is 0 Å². The molecule has 1 aromatic heterocycles. The minimum Gasteiger partial charge on any atom is -0.355 e. The molecule has 1 saturated heterocycles. The molecular weight excluding hydrogens is 500 g/mol. The third-order valence-electron chi connectivity index (χ3n) is 7.43. The van der Waals surface area contributed by atoms with Crippen LogP contribution >= 0.6 is 0 Å². The molecule has 0 bridgehead atoms. The Morgan fingerprint density at radius 2 is 1.68 bits per heavy atom. The van der Waals surface area contributed by atoms with Crippen LogP contribution in [0.25, 0.3) is 22.0 Å². The number of aromatic nitrogens is 1. The number of nitrogens with one attached hydrogen (secondary N) is 3. The topological polar surface area (TPSA) is 112 Å². The van der Waals surface area contributed by atoms with E-state index in [1.165, 1.54) is 0 Å². The zero-order valence-corrected chi connectivity index (χ0v) is 22.8. The molecule has 2 heterocycles. The van der Waals surface area contributed by atoms with E-state index in [2.05, 4.69) is 25.8 Å². The second kappa shape index (κ2) is 12.7. The van der Waals surface area contributed by atoms with Gasteiger partial charge in [-0.25, -0.2) is 0 Å². The van der Waals surface area contributed by atoms with Gasteiger partial charge in [-0.3, -0.25) is 14.6 Å². The average molecular weight is 537 g/mol. The van der Waals surface area contributed by atoms with Crippen molar-refractivity contribution in [2.45, 2.75) is 25.3 Å². The van der Waals surface area contributed by atoms with Gasteiger partial charge in [0.2, 0.25) is 0 Å². The van der Waals surface area contributed by atoms with Crippen LogP contribution in [0.4, 0.5) is 11.4 Å². The van der Waals surface area contributed by atoms with E-state index in [9.17, 15) is 9.59 Å². The molecule has 5 rings (SSSR count). The van der Waals surface area contributed by atoms with E-state index in [4.69, 9.17) is 5.73 Å². The number of benzene rings is 3. The summed E-state index contributed by atoms with van der Waals surface area (Å²) < 4.78 is 0. The molecule has 8 heteroatoms. The van der Waals surface area contributed by atoms with Crippen LogP contribution in [0.5, 0.6) is 0 Å². The fraction of sp³-hybridized carbons (Fsp3) is 0.281. The van der Waals surface area contributed by atoms with Gasteiger partial charge in [0.15, 0.2) is 0 Å². The molecule has 1 aliphatic rings. The highest BCUT2D eigenvalue weighted by Crippen LogP contribution is 2.32. The number of fused-ring (bicyclic) bond motifs is 1. The summed E-state index contributed by atoms with van der Waals surface area (Å²) in [5.74, 6) is -0.284. The number of rotatable bonds is 9. The van der Waals surface area contributed by atoms with E-state index in [0.29, 0.717) is 29.4 Å². The van der Waals surface area contributed by atoms with Gasteiger partial charge in [0.05, 0.1) is 16.8 Å². The van der Waals surface area contributed by atoms with Crippen molar-refractivity contribution in [2.24, 2.45) is 5.73 Å². The molecule has 0 aliphatic carbocycles. The van der Waals surface area contributed by atoms with Crippen molar-refractivity contribution in [3.05, 3.63) is 90.1 Å². The van der Waals surface area contributed by atoms with Gasteiger partial charge in [0.1, 0.15) is 0 Å². The lowest BCUT2D eigenvalue weighted by Gasteiger charge is -2.29. The van der Waals surface area contributed by atoms with Crippen molar-refractivity contribution in [3.63, 3.8) is 0 Å². The van der Waals surface area contributed by atoms with Gasteiger partial charge in [0.25, 0.3) is 11.8 Å². The standard InChI is InChI=1S/C32H36N6O2/c1-34-32(40)28-21-36-29-13-12-24(20-27(29)30(28)37-26-6-3-2-4-7-26)22-8-10-23(11-9-22)31(39)35-16-5-17-38-18-14-25(33)15-19-38/h2-4,6-13,20-21,25H,5,14-19,33H2,1H3,(H,34,40)(H,35,39)(H,36,37). The largest absolute Gasteiger partial charge is 0.355 e. The summed E-state index contributed by atoms with van der Waals surface area (Å²) in [5, 5.41) is 10.00. The Kier molecular flexibility index (Phi) is 8.68. The van der Waals surface area contributed by atoms with Crippen LogP contribution in [0.15, 0.2) is 79.0 Å². The maximum absolute atomic E-state index is 12.7. The number of likely N-dealkylation sites (tertiary alicyclic amines) is 1. The summed E-state index contributed by atoms with van der Waals surface area (Å²) in [7, 11) is 1.61. The highest BCUT2D eigenvalue weighted by Gasteiger charge is 2.17.